The molecule has 1 aromatic heterocycles. The quantitative estimate of drug-likeness (QED) is 0.474. The third-order valence-corrected chi connectivity index (χ3v) is 8.75. The van der Waals surface area contributed by atoms with Crippen LogP contribution in [0.5, 0.6) is 0 Å². The number of rotatable bonds is 7. The van der Waals surface area contributed by atoms with Gasteiger partial charge in [0.05, 0.1) is 45.5 Å². The molecule has 4 rings (SSSR count). The summed E-state index contributed by atoms with van der Waals surface area (Å²) < 4.78 is 59.9. The monoisotopic (exact) mass is 536 g/mol. The fourth-order valence-electron chi connectivity index (χ4n) is 3.33. The number of nitrogens with zero attached hydrogens (tertiary/aromatic N) is 2. The van der Waals surface area contributed by atoms with Crippen molar-refractivity contribution in [3.63, 3.8) is 0 Å². The van der Waals surface area contributed by atoms with E-state index in [9.17, 15) is 21.6 Å². The maximum Gasteiger partial charge on any atom is 0.261 e. The van der Waals surface area contributed by atoms with Gasteiger partial charge in [-0.1, -0.05) is 11.6 Å². The molecule has 0 spiro atoms. The zero-order valence-corrected chi connectivity index (χ0v) is 20.6. The van der Waals surface area contributed by atoms with Crippen LogP contribution in [-0.4, -0.2) is 58.3 Å². The van der Waals surface area contributed by atoms with Crippen molar-refractivity contribution in [1.29, 1.82) is 0 Å². The molecule has 35 heavy (non-hydrogen) atoms. The highest BCUT2D eigenvalue weighted by Gasteiger charge is 2.27. The van der Waals surface area contributed by atoms with E-state index < -0.39 is 26.0 Å². The van der Waals surface area contributed by atoms with Crippen LogP contribution in [0.3, 0.4) is 0 Å². The second kappa shape index (κ2) is 10.3. The van der Waals surface area contributed by atoms with Gasteiger partial charge in [0, 0.05) is 25.0 Å². The first-order valence-electron chi connectivity index (χ1n) is 10.4. The number of hydrogen-bond acceptors (Lipinski definition) is 7. The number of halogens is 1. The molecule has 1 aliphatic rings. The normalized spacial score (nSPS) is 14.9. The van der Waals surface area contributed by atoms with E-state index in [-0.39, 0.29) is 33.5 Å². The van der Waals surface area contributed by atoms with E-state index >= 15 is 0 Å². The van der Waals surface area contributed by atoms with Gasteiger partial charge in [-0.3, -0.25) is 14.5 Å². The van der Waals surface area contributed by atoms with Gasteiger partial charge in [0.25, 0.3) is 15.9 Å². The highest BCUT2D eigenvalue weighted by atomic mass is 35.5. The first-order valence-corrected chi connectivity index (χ1v) is 13.7. The third kappa shape index (κ3) is 5.80. The molecule has 10 nitrogen and oxygen atoms in total. The number of nitrogens with one attached hydrogen (secondary N) is 2. The van der Waals surface area contributed by atoms with E-state index in [0.29, 0.717) is 24.6 Å². The van der Waals surface area contributed by atoms with Gasteiger partial charge in [-0.2, -0.15) is 4.31 Å². The second-order valence-corrected chi connectivity index (χ2v) is 11.5. The van der Waals surface area contributed by atoms with Crippen LogP contribution < -0.4 is 10.0 Å². The van der Waals surface area contributed by atoms with Crippen LogP contribution in [0.25, 0.3) is 0 Å². The minimum atomic E-state index is -3.85. The van der Waals surface area contributed by atoms with Crippen molar-refractivity contribution in [3.05, 3.63) is 77.6 Å². The van der Waals surface area contributed by atoms with Gasteiger partial charge >= 0.3 is 0 Å². The number of benzene rings is 2. The average molecular weight is 537 g/mol. The number of morpholine rings is 1. The molecule has 184 valence electrons. The van der Waals surface area contributed by atoms with E-state index in [4.69, 9.17) is 16.3 Å². The molecule has 1 amide bonds. The molecular formula is C22H21ClN4O6S2. The summed E-state index contributed by atoms with van der Waals surface area (Å²) in [6.45, 7) is 1.03. The SMILES string of the molecule is O=C(Nc1ccc(S(=O)(=O)Nc2cccnc2)cc1)c1cc(S(=O)(=O)N2CCOCC2)ccc1Cl. The van der Waals surface area contributed by atoms with Gasteiger partial charge in [0.1, 0.15) is 0 Å². The number of carbonyl (C=O) groups is 1. The summed E-state index contributed by atoms with van der Waals surface area (Å²) in [6.07, 6.45) is 2.90. The molecule has 0 saturated carbocycles. The molecule has 2 aromatic carbocycles. The number of pyridine rings is 1. The Hall–Kier alpha value is -3.03. The summed E-state index contributed by atoms with van der Waals surface area (Å²) in [5, 5.41) is 2.68. The van der Waals surface area contributed by atoms with Crippen molar-refractivity contribution < 1.29 is 26.4 Å². The Bertz CT molecular complexity index is 1430. The third-order valence-electron chi connectivity index (χ3n) is 5.13. The molecular weight excluding hydrogens is 516 g/mol. The largest absolute Gasteiger partial charge is 0.379 e. The van der Waals surface area contributed by atoms with Crippen molar-refractivity contribution >= 4 is 48.9 Å². The molecule has 0 unspecified atom stereocenters. The van der Waals surface area contributed by atoms with Crippen LogP contribution in [-0.2, 0) is 24.8 Å². The summed E-state index contributed by atoms with van der Waals surface area (Å²) in [5.41, 5.74) is 0.579. The lowest BCUT2D eigenvalue weighted by atomic mass is 10.2. The topological polar surface area (TPSA) is 135 Å². The highest BCUT2D eigenvalue weighted by Crippen LogP contribution is 2.25. The van der Waals surface area contributed by atoms with Crippen molar-refractivity contribution in [2.45, 2.75) is 9.79 Å². The summed E-state index contributed by atoms with van der Waals surface area (Å²) in [7, 11) is -7.67. The first-order chi connectivity index (χ1) is 16.7. The number of hydrogen-bond donors (Lipinski definition) is 2. The number of amides is 1. The Kier molecular flexibility index (Phi) is 7.38. The smallest absolute Gasteiger partial charge is 0.261 e. The Labute approximate surface area is 208 Å². The maximum absolute atomic E-state index is 12.9. The van der Waals surface area contributed by atoms with Crippen LogP contribution in [0, 0.1) is 0 Å². The van der Waals surface area contributed by atoms with Gasteiger partial charge in [-0.05, 0) is 54.6 Å². The molecule has 13 heteroatoms. The number of sulfonamides is 2. The number of anilines is 2. The van der Waals surface area contributed by atoms with Gasteiger partial charge in [-0.15, -0.1) is 0 Å². The first kappa shape index (κ1) is 25.1. The Balaban J connectivity index is 1.50. The second-order valence-electron chi connectivity index (χ2n) is 7.48. The molecule has 0 aliphatic carbocycles. The maximum atomic E-state index is 12.9. The van der Waals surface area contributed by atoms with Crippen molar-refractivity contribution in [1.82, 2.24) is 9.29 Å². The lowest BCUT2D eigenvalue weighted by Crippen LogP contribution is -2.40. The van der Waals surface area contributed by atoms with Crippen LogP contribution in [0.2, 0.25) is 5.02 Å². The molecule has 0 radical (unpaired) electrons. The van der Waals surface area contributed by atoms with Crippen molar-refractivity contribution in [2.24, 2.45) is 0 Å². The molecule has 0 bridgehead atoms. The number of aromatic nitrogens is 1. The van der Waals surface area contributed by atoms with Crippen LogP contribution in [0.15, 0.2) is 76.8 Å². The van der Waals surface area contributed by atoms with Crippen molar-refractivity contribution in [3.8, 4) is 0 Å². The summed E-state index contributed by atoms with van der Waals surface area (Å²) in [6, 6.07) is 12.6. The Morgan fingerprint density at radius 1 is 0.943 bits per heavy atom. The van der Waals surface area contributed by atoms with Crippen LogP contribution in [0.4, 0.5) is 11.4 Å². The molecule has 2 N–H and O–H groups in total. The fraction of sp³-hybridized carbons (Fsp3) is 0.182. The average Bonchev–Trinajstić information content (AvgIpc) is 2.85. The minimum Gasteiger partial charge on any atom is -0.379 e. The standard InChI is InChI=1S/C22H21ClN4O6S2/c23-21-8-7-19(35(31,32)27-10-12-33-13-11-27)14-20(21)22(28)25-16-3-5-18(6-4-16)34(29,30)26-17-2-1-9-24-15-17/h1-9,14-15,26H,10-13H2,(H,25,28). The predicted octanol–water partition coefficient (Wildman–Crippen LogP) is 2.81. The van der Waals surface area contributed by atoms with Gasteiger partial charge in [-0.25, -0.2) is 16.8 Å². The van der Waals surface area contributed by atoms with E-state index in [1.165, 1.54) is 59.2 Å². The van der Waals surface area contributed by atoms with E-state index in [1.54, 1.807) is 12.1 Å². The lowest BCUT2D eigenvalue weighted by molar-refractivity contribution is 0.0730. The number of carbonyl (C=O) groups excluding carboxylic acids is 1. The minimum absolute atomic E-state index is 0.0176. The summed E-state index contributed by atoms with van der Waals surface area (Å²) in [4.78, 5) is 16.6. The molecule has 3 aromatic rings. The molecule has 2 heterocycles. The molecule has 1 saturated heterocycles. The Morgan fingerprint density at radius 3 is 2.29 bits per heavy atom. The van der Waals surface area contributed by atoms with Gasteiger partial charge < -0.3 is 10.1 Å². The van der Waals surface area contributed by atoms with Gasteiger partial charge in [0.2, 0.25) is 10.0 Å². The zero-order valence-electron chi connectivity index (χ0n) is 18.2. The summed E-state index contributed by atoms with van der Waals surface area (Å²) in [5.74, 6) is -0.641. The fourth-order valence-corrected chi connectivity index (χ4v) is 6.01. The summed E-state index contributed by atoms with van der Waals surface area (Å²) >= 11 is 6.17. The molecule has 0 atom stereocenters. The van der Waals surface area contributed by atoms with E-state index in [0.717, 1.165) is 0 Å². The van der Waals surface area contributed by atoms with E-state index in [2.05, 4.69) is 15.0 Å². The van der Waals surface area contributed by atoms with Crippen molar-refractivity contribution in [2.75, 3.05) is 36.3 Å². The molecule has 1 aliphatic heterocycles. The van der Waals surface area contributed by atoms with Gasteiger partial charge in [0.15, 0.2) is 0 Å². The van der Waals surface area contributed by atoms with Crippen LogP contribution in [0.1, 0.15) is 10.4 Å². The lowest BCUT2D eigenvalue weighted by Gasteiger charge is -2.26. The highest BCUT2D eigenvalue weighted by molar-refractivity contribution is 7.92. The molecule has 1 fully saturated rings. The predicted molar refractivity (Wildman–Crippen MR) is 130 cm³/mol. The Morgan fingerprint density at radius 2 is 1.63 bits per heavy atom. The number of ether oxygens (including phenoxy) is 1. The zero-order chi connectivity index (χ0) is 25.1. The van der Waals surface area contributed by atoms with E-state index in [1.807, 2.05) is 0 Å². The van der Waals surface area contributed by atoms with Crippen LogP contribution >= 0.6 is 11.6 Å².